The van der Waals surface area contributed by atoms with E-state index in [-0.39, 0.29) is 0 Å². The van der Waals surface area contributed by atoms with Gasteiger partial charge in [0.15, 0.2) is 0 Å². The minimum atomic E-state index is 0.667. The molecule has 0 saturated carbocycles. The van der Waals surface area contributed by atoms with Gasteiger partial charge in [-0.05, 0) is 61.5 Å². The van der Waals surface area contributed by atoms with Gasteiger partial charge in [-0.3, -0.25) is 0 Å². The van der Waals surface area contributed by atoms with Gasteiger partial charge < -0.3 is 4.90 Å². The van der Waals surface area contributed by atoms with Crippen LogP contribution in [0.25, 0.3) is 0 Å². The fourth-order valence-electron chi connectivity index (χ4n) is 2.72. The Morgan fingerprint density at radius 2 is 1.94 bits per heavy atom. The highest BCUT2D eigenvalue weighted by molar-refractivity contribution is 6.30. The Morgan fingerprint density at radius 3 is 2.56 bits per heavy atom. The van der Waals surface area contributed by atoms with Crippen molar-refractivity contribution in [1.82, 2.24) is 4.90 Å². The maximum absolute atomic E-state index is 6.20. The Labute approximate surface area is 120 Å². The molecule has 0 spiro atoms. The van der Waals surface area contributed by atoms with E-state index in [4.69, 9.17) is 23.2 Å². The Kier molecular flexibility index (Phi) is 5.35. The number of aryl methyl sites for hydroxylation is 1. The van der Waals surface area contributed by atoms with Crippen molar-refractivity contribution in [3.8, 4) is 0 Å². The molecule has 1 heterocycles. The zero-order valence-electron chi connectivity index (χ0n) is 11.0. The predicted molar refractivity (Wildman–Crippen MR) is 80.0 cm³/mol. The van der Waals surface area contributed by atoms with Gasteiger partial charge in [-0.1, -0.05) is 24.6 Å². The predicted octanol–water partition coefficient (Wildman–Crippen LogP) is 4.32. The molecule has 1 saturated heterocycles. The maximum Gasteiger partial charge on any atom is 0.0411 e. The van der Waals surface area contributed by atoms with Crippen molar-refractivity contribution in [2.75, 3.05) is 25.5 Å². The molecule has 0 unspecified atom stereocenters. The number of alkyl halides is 1. The lowest BCUT2D eigenvalue weighted by atomic mass is 9.88. The number of hydrogen-bond donors (Lipinski definition) is 0. The van der Waals surface area contributed by atoms with Crippen molar-refractivity contribution in [2.24, 2.45) is 0 Å². The summed E-state index contributed by atoms with van der Waals surface area (Å²) >= 11 is 12.0. The number of nitrogens with zero attached hydrogens (tertiary/aromatic N) is 1. The van der Waals surface area contributed by atoms with E-state index in [2.05, 4.69) is 30.0 Å². The average Bonchev–Trinajstić information content (AvgIpc) is 2.39. The van der Waals surface area contributed by atoms with Gasteiger partial charge in [-0.15, -0.1) is 11.6 Å². The summed E-state index contributed by atoms with van der Waals surface area (Å²) in [5.74, 6) is 1.41. The molecule has 2 rings (SSSR count). The molecular weight excluding hydrogens is 265 g/mol. The zero-order chi connectivity index (χ0) is 13.0. The number of rotatable bonds is 4. The Bertz CT molecular complexity index is 384. The van der Waals surface area contributed by atoms with E-state index in [0.29, 0.717) is 5.92 Å². The SMILES string of the molecule is CCc1cc(Cl)cc(C2CCN(CCCl)CC2)c1. The van der Waals surface area contributed by atoms with Crippen LogP contribution in [-0.2, 0) is 6.42 Å². The number of piperidine rings is 1. The summed E-state index contributed by atoms with van der Waals surface area (Å²) < 4.78 is 0. The Balaban J connectivity index is 2.02. The minimum Gasteiger partial charge on any atom is -0.302 e. The van der Waals surface area contributed by atoms with Gasteiger partial charge in [0.05, 0.1) is 0 Å². The molecule has 0 radical (unpaired) electrons. The van der Waals surface area contributed by atoms with Crippen molar-refractivity contribution in [2.45, 2.75) is 32.1 Å². The number of likely N-dealkylation sites (tertiary alicyclic amines) is 1. The molecule has 0 bridgehead atoms. The summed E-state index contributed by atoms with van der Waals surface area (Å²) in [6, 6.07) is 6.55. The topological polar surface area (TPSA) is 3.24 Å². The van der Waals surface area contributed by atoms with Gasteiger partial charge in [0, 0.05) is 17.4 Å². The van der Waals surface area contributed by atoms with Gasteiger partial charge in [0.25, 0.3) is 0 Å². The average molecular weight is 286 g/mol. The molecule has 1 aromatic rings. The van der Waals surface area contributed by atoms with Crippen LogP contribution in [0, 0.1) is 0 Å². The normalized spacial score (nSPS) is 18.2. The lowest BCUT2D eigenvalue weighted by molar-refractivity contribution is 0.223. The van der Waals surface area contributed by atoms with E-state index in [1.165, 1.54) is 24.0 Å². The van der Waals surface area contributed by atoms with Gasteiger partial charge in [0.2, 0.25) is 0 Å². The lowest BCUT2D eigenvalue weighted by Crippen LogP contribution is -2.34. The van der Waals surface area contributed by atoms with E-state index in [0.717, 1.165) is 37.0 Å². The molecule has 3 heteroatoms. The fraction of sp³-hybridized carbons (Fsp3) is 0.600. The van der Waals surface area contributed by atoms with E-state index >= 15 is 0 Å². The van der Waals surface area contributed by atoms with Gasteiger partial charge in [-0.2, -0.15) is 0 Å². The fourth-order valence-corrected chi connectivity index (χ4v) is 3.23. The molecule has 0 aromatic heterocycles. The van der Waals surface area contributed by atoms with Crippen LogP contribution < -0.4 is 0 Å². The summed E-state index contributed by atoms with van der Waals surface area (Å²) in [5.41, 5.74) is 2.77. The third-order valence-electron chi connectivity index (χ3n) is 3.85. The van der Waals surface area contributed by atoms with Crippen LogP contribution in [0.3, 0.4) is 0 Å². The first kappa shape index (κ1) is 14.2. The smallest absolute Gasteiger partial charge is 0.0411 e. The Morgan fingerprint density at radius 1 is 1.22 bits per heavy atom. The van der Waals surface area contributed by atoms with Crippen LogP contribution in [0.2, 0.25) is 5.02 Å². The monoisotopic (exact) mass is 285 g/mol. The molecule has 1 fully saturated rings. The van der Waals surface area contributed by atoms with Crippen molar-refractivity contribution < 1.29 is 0 Å². The van der Waals surface area contributed by atoms with Crippen LogP contribution in [0.15, 0.2) is 18.2 Å². The highest BCUT2D eigenvalue weighted by Gasteiger charge is 2.20. The van der Waals surface area contributed by atoms with Crippen molar-refractivity contribution in [3.63, 3.8) is 0 Å². The van der Waals surface area contributed by atoms with Crippen LogP contribution in [0.5, 0.6) is 0 Å². The van der Waals surface area contributed by atoms with Gasteiger partial charge >= 0.3 is 0 Å². The summed E-state index contributed by atoms with van der Waals surface area (Å²) in [4.78, 5) is 2.45. The second kappa shape index (κ2) is 6.79. The van der Waals surface area contributed by atoms with Crippen LogP contribution in [0.1, 0.15) is 36.8 Å². The first-order chi connectivity index (χ1) is 8.72. The van der Waals surface area contributed by atoms with E-state index in [1.54, 1.807) is 0 Å². The molecule has 1 nitrogen and oxygen atoms in total. The quantitative estimate of drug-likeness (QED) is 0.745. The molecule has 0 atom stereocenters. The highest BCUT2D eigenvalue weighted by Crippen LogP contribution is 2.30. The third-order valence-corrected chi connectivity index (χ3v) is 4.24. The van der Waals surface area contributed by atoms with Crippen molar-refractivity contribution in [3.05, 3.63) is 34.3 Å². The Hall–Kier alpha value is -0.240. The minimum absolute atomic E-state index is 0.667. The molecule has 0 N–H and O–H groups in total. The summed E-state index contributed by atoms with van der Waals surface area (Å²) in [7, 11) is 0. The number of hydrogen-bond acceptors (Lipinski definition) is 1. The van der Waals surface area contributed by atoms with Crippen LogP contribution in [-0.4, -0.2) is 30.4 Å². The van der Waals surface area contributed by atoms with Crippen LogP contribution >= 0.6 is 23.2 Å². The molecular formula is C15H21Cl2N. The van der Waals surface area contributed by atoms with E-state index in [9.17, 15) is 0 Å². The highest BCUT2D eigenvalue weighted by atomic mass is 35.5. The van der Waals surface area contributed by atoms with E-state index < -0.39 is 0 Å². The van der Waals surface area contributed by atoms with Gasteiger partial charge in [0.1, 0.15) is 0 Å². The first-order valence-corrected chi connectivity index (χ1v) is 7.72. The lowest BCUT2D eigenvalue weighted by Gasteiger charge is -2.31. The zero-order valence-corrected chi connectivity index (χ0v) is 12.5. The summed E-state index contributed by atoms with van der Waals surface area (Å²) in [5, 5.41) is 0.882. The standard InChI is InChI=1S/C15H21Cl2N/c1-2-12-9-14(11-15(17)10-12)13-3-6-18(7-4-13)8-5-16/h9-11,13H,2-8H2,1H3. The van der Waals surface area contributed by atoms with Gasteiger partial charge in [-0.25, -0.2) is 0 Å². The maximum atomic E-state index is 6.20. The largest absolute Gasteiger partial charge is 0.302 e. The molecule has 100 valence electrons. The van der Waals surface area contributed by atoms with Crippen molar-refractivity contribution >= 4 is 23.2 Å². The van der Waals surface area contributed by atoms with Crippen LogP contribution in [0.4, 0.5) is 0 Å². The molecule has 0 amide bonds. The summed E-state index contributed by atoms with van der Waals surface area (Å²) in [6.07, 6.45) is 3.50. The molecule has 18 heavy (non-hydrogen) atoms. The third kappa shape index (κ3) is 3.63. The number of benzene rings is 1. The molecule has 1 aromatic carbocycles. The van der Waals surface area contributed by atoms with Crippen molar-refractivity contribution in [1.29, 1.82) is 0 Å². The first-order valence-electron chi connectivity index (χ1n) is 6.80. The molecule has 1 aliphatic rings. The molecule has 1 aliphatic heterocycles. The molecule has 0 aliphatic carbocycles. The second-order valence-corrected chi connectivity index (χ2v) is 5.87. The second-order valence-electron chi connectivity index (χ2n) is 5.05. The van der Waals surface area contributed by atoms with E-state index in [1.807, 2.05) is 0 Å². The number of halogens is 2. The summed E-state index contributed by atoms with van der Waals surface area (Å²) in [6.45, 7) is 5.51.